The van der Waals surface area contributed by atoms with Gasteiger partial charge in [0.25, 0.3) is 0 Å². The van der Waals surface area contributed by atoms with Crippen molar-refractivity contribution in [2.45, 2.75) is 27.2 Å². The van der Waals surface area contributed by atoms with Crippen LogP contribution in [-0.2, 0) is 0 Å². The molecule has 0 amide bonds. The summed E-state index contributed by atoms with van der Waals surface area (Å²) in [4.78, 5) is 0. The van der Waals surface area contributed by atoms with Crippen LogP contribution in [0.1, 0.15) is 27.2 Å². The summed E-state index contributed by atoms with van der Waals surface area (Å²) in [6.07, 6.45) is 10.9. The summed E-state index contributed by atoms with van der Waals surface area (Å²) in [6, 6.07) is 0. The molecular formula is C15H26N2S. The lowest BCUT2D eigenvalue weighted by Gasteiger charge is -2.11. The second-order valence-electron chi connectivity index (χ2n) is 3.09. The van der Waals surface area contributed by atoms with Crippen molar-refractivity contribution in [1.82, 2.24) is 5.01 Å². The zero-order chi connectivity index (χ0) is 14.2. The summed E-state index contributed by atoms with van der Waals surface area (Å²) in [6.45, 7) is 17.2. The predicted octanol–water partition coefficient (Wildman–Crippen LogP) is 4.84. The van der Waals surface area contributed by atoms with Gasteiger partial charge in [0.2, 0.25) is 0 Å². The van der Waals surface area contributed by atoms with E-state index >= 15 is 0 Å². The molecule has 3 heteroatoms. The average molecular weight is 266 g/mol. The van der Waals surface area contributed by atoms with Gasteiger partial charge in [-0.05, 0) is 12.0 Å². The molecule has 0 aromatic heterocycles. The van der Waals surface area contributed by atoms with Gasteiger partial charge >= 0.3 is 0 Å². The van der Waals surface area contributed by atoms with Crippen LogP contribution in [0.5, 0.6) is 0 Å². The fourth-order valence-electron chi connectivity index (χ4n) is 0.876. The SMILES string of the molecule is C=CN(CSCC(=C)/C=C\C=C/CC)N=C.CC. The molecule has 0 aliphatic heterocycles. The van der Waals surface area contributed by atoms with Gasteiger partial charge in [-0.1, -0.05) is 58.2 Å². The largest absolute Gasteiger partial charge is 0.264 e. The van der Waals surface area contributed by atoms with Crippen molar-refractivity contribution in [3.05, 3.63) is 49.2 Å². The van der Waals surface area contributed by atoms with Crippen molar-refractivity contribution in [1.29, 1.82) is 0 Å². The normalized spacial score (nSPS) is 9.94. The molecule has 102 valence electrons. The minimum Gasteiger partial charge on any atom is -0.264 e. The fraction of sp³-hybridized carbons (Fsp3) is 0.400. The third kappa shape index (κ3) is 12.8. The molecule has 0 atom stereocenters. The van der Waals surface area contributed by atoms with E-state index in [0.717, 1.165) is 23.6 Å². The Morgan fingerprint density at radius 2 is 2.00 bits per heavy atom. The third-order valence-electron chi connectivity index (χ3n) is 1.72. The van der Waals surface area contributed by atoms with Crippen LogP contribution >= 0.6 is 11.8 Å². The van der Waals surface area contributed by atoms with Crippen molar-refractivity contribution in [3.8, 4) is 0 Å². The first kappa shape index (κ1) is 19.1. The van der Waals surface area contributed by atoms with E-state index in [-0.39, 0.29) is 0 Å². The predicted molar refractivity (Wildman–Crippen MR) is 88.0 cm³/mol. The number of hydrogen-bond donors (Lipinski definition) is 0. The highest BCUT2D eigenvalue weighted by Gasteiger charge is 1.94. The van der Waals surface area contributed by atoms with Gasteiger partial charge in [-0.15, -0.1) is 11.8 Å². The Balaban J connectivity index is 0. The number of hydrazone groups is 1. The van der Waals surface area contributed by atoms with Gasteiger partial charge in [0, 0.05) is 18.7 Å². The summed E-state index contributed by atoms with van der Waals surface area (Å²) in [7, 11) is 0. The topological polar surface area (TPSA) is 15.6 Å². The Bertz CT molecular complexity index is 272. The number of allylic oxidation sites excluding steroid dienone is 4. The maximum atomic E-state index is 3.97. The number of rotatable bonds is 9. The molecule has 0 fully saturated rings. The molecule has 0 unspecified atom stereocenters. The Morgan fingerprint density at radius 1 is 1.33 bits per heavy atom. The molecule has 0 spiro atoms. The lowest BCUT2D eigenvalue weighted by Crippen LogP contribution is -2.07. The standard InChI is InChI=1S/C13H20N2S.C2H6/c1-5-7-8-9-10-13(3)11-16-12-15(6-2)14-4;1-2/h6-10H,2-5,11-12H2,1H3;1-2H3/b8-7-,10-9-;. The molecule has 0 aliphatic rings. The van der Waals surface area contributed by atoms with E-state index in [2.05, 4.69) is 38.0 Å². The number of nitrogens with zero attached hydrogens (tertiary/aromatic N) is 2. The molecule has 18 heavy (non-hydrogen) atoms. The van der Waals surface area contributed by atoms with E-state index < -0.39 is 0 Å². The molecular weight excluding hydrogens is 240 g/mol. The first-order valence-corrected chi connectivity index (χ1v) is 7.34. The van der Waals surface area contributed by atoms with Gasteiger partial charge in [-0.25, -0.2) is 0 Å². The molecule has 0 saturated heterocycles. The second-order valence-corrected chi connectivity index (χ2v) is 4.05. The van der Waals surface area contributed by atoms with Crippen molar-refractivity contribution in [3.63, 3.8) is 0 Å². The smallest absolute Gasteiger partial charge is 0.0866 e. The maximum Gasteiger partial charge on any atom is 0.0866 e. The van der Waals surface area contributed by atoms with E-state index in [0.29, 0.717) is 0 Å². The highest BCUT2D eigenvalue weighted by Crippen LogP contribution is 2.10. The van der Waals surface area contributed by atoms with Gasteiger partial charge in [-0.3, -0.25) is 5.01 Å². The summed E-state index contributed by atoms with van der Waals surface area (Å²) < 4.78 is 0. The Labute approximate surface area is 117 Å². The van der Waals surface area contributed by atoms with Crippen LogP contribution in [-0.4, -0.2) is 23.4 Å². The number of hydrogen-bond acceptors (Lipinski definition) is 3. The van der Waals surface area contributed by atoms with Gasteiger partial charge in [-0.2, -0.15) is 5.10 Å². The summed E-state index contributed by atoms with van der Waals surface area (Å²) in [5.41, 5.74) is 1.10. The molecule has 0 rings (SSSR count). The summed E-state index contributed by atoms with van der Waals surface area (Å²) in [5, 5.41) is 5.47. The lowest BCUT2D eigenvalue weighted by atomic mass is 10.3. The van der Waals surface area contributed by atoms with E-state index in [1.165, 1.54) is 0 Å². The van der Waals surface area contributed by atoms with Crippen LogP contribution in [0.3, 0.4) is 0 Å². The molecule has 2 nitrogen and oxygen atoms in total. The molecule has 0 radical (unpaired) electrons. The van der Waals surface area contributed by atoms with Gasteiger partial charge < -0.3 is 0 Å². The quantitative estimate of drug-likeness (QED) is 0.257. The molecule has 0 saturated carbocycles. The van der Waals surface area contributed by atoms with Gasteiger partial charge in [0.1, 0.15) is 0 Å². The van der Waals surface area contributed by atoms with Crippen LogP contribution in [0.25, 0.3) is 0 Å². The highest BCUT2D eigenvalue weighted by molar-refractivity contribution is 7.99. The molecule has 0 N–H and O–H groups in total. The van der Waals surface area contributed by atoms with Crippen LogP contribution in [0.2, 0.25) is 0 Å². The molecule has 0 aromatic carbocycles. The van der Waals surface area contributed by atoms with Crippen molar-refractivity contribution in [2.75, 3.05) is 11.6 Å². The monoisotopic (exact) mass is 266 g/mol. The van der Waals surface area contributed by atoms with Crippen molar-refractivity contribution in [2.24, 2.45) is 5.10 Å². The first-order valence-electron chi connectivity index (χ1n) is 6.19. The molecule has 0 aliphatic carbocycles. The zero-order valence-corrected chi connectivity index (χ0v) is 12.7. The fourth-order valence-corrected chi connectivity index (χ4v) is 1.70. The van der Waals surface area contributed by atoms with Gasteiger partial charge in [0.15, 0.2) is 0 Å². The van der Waals surface area contributed by atoms with E-state index in [1.54, 1.807) is 23.0 Å². The highest BCUT2D eigenvalue weighted by atomic mass is 32.2. The zero-order valence-electron chi connectivity index (χ0n) is 11.9. The average Bonchev–Trinajstić information content (AvgIpc) is 2.42. The molecule has 0 heterocycles. The van der Waals surface area contributed by atoms with E-state index in [1.807, 2.05) is 32.1 Å². The first-order chi connectivity index (χ1) is 8.74. The molecule has 0 bridgehead atoms. The van der Waals surface area contributed by atoms with Crippen LogP contribution in [0.4, 0.5) is 0 Å². The summed E-state index contributed by atoms with van der Waals surface area (Å²) >= 11 is 1.73. The van der Waals surface area contributed by atoms with Crippen LogP contribution < -0.4 is 0 Å². The lowest BCUT2D eigenvalue weighted by molar-refractivity contribution is 0.478. The molecule has 0 aromatic rings. The van der Waals surface area contributed by atoms with Crippen molar-refractivity contribution < 1.29 is 0 Å². The van der Waals surface area contributed by atoms with E-state index in [4.69, 9.17) is 0 Å². The minimum absolute atomic E-state index is 0.755. The Kier molecular flexibility index (Phi) is 16.8. The third-order valence-corrected chi connectivity index (χ3v) is 2.74. The second kappa shape index (κ2) is 15.8. The van der Waals surface area contributed by atoms with Crippen LogP contribution in [0, 0.1) is 0 Å². The van der Waals surface area contributed by atoms with Gasteiger partial charge in [0.05, 0.1) is 5.88 Å². The maximum absolute atomic E-state index is 3.97. The van der Waals surface area contributed by atoms with Crippen molar-refractivity contribution >= 4 is 18.5 Å². The number of thioether (sulfide) groups is 1. The van der Waals surface area contributed by atoms with E-state index in [9.17, 15) is 0 Å². The minimum atomic E-state index is 0.755. The van der Waals surface area contributed by atoms with Crippen LogP contribution in [0.15, 0.2) is 54.3 Å². The summed E-state index contributed by atoms with van der Waals surface area (Å²) in [5.74, 6) is 1.64. The Morgan fingerprint density at radius 3 is 2.50 bits per heavy atom. The Hall–Kier alpha value is -1.22.